The van der Waals surface area contributed by atoms with Crippen LogP contribution in [0, 0.1) is 0 Å². The summed E-state index contributed by atoms with van der Waals surface area (Å²) in [5.41, 5.74) is 0.0555. The molecule has 19 heavy (non-hydrogen) atoms. The average Bonchev–Trinajstić information content (AvgIpc) is 2.65. The van der Waals surface area contributed by atoms with Crippen molar-refractivity contribution in [3.8, 4) is 5.75 Å². The van der Waals surface area contributed by atoms with E-state index < -0.39 is 5.60 Å². The van der Waals surface area contributed by atoms with E-state index in [0.29, 0.717) is 25.8 Å². The Hall–Kier alpha value is -1.10. The minimum Gasteiger partial charge on any atom is -0.491 e. The minimum absolute atomic E-state index is 0.372. The van der Waals surface area contributed by atoms with Crippen molar-refractivity contribution in [2.75, 3.05) is 33.9 Å². The summed E-state index contributed by atoms with van der Waals surface area (Å²) >= 11 is 0. The summed E-state index contributed by atoms with van der Waals surface area (Å²) in [5, 5.41) is 10.9. The number of hydrogen-bond donors (Lipinski definition) is 1. The second-order valence-electron chi connectivity index (χ2n) is 5.34. The molecule has 0 amide bonds. The van der Waals surface area contributed by atoms with Gasteiger partial charge in [0.15, 0.2) is 0 Å². The average molecular weight is 265 g/mol. The Morgan fingerprint density at radius 3 is 2.74 bits per heavy atom. The van der Waals surface area contributed by atoms with Crippen LogP contribution in [0.1, 0.15) is 18.9 Å². The fourth-order valence-corrected chi connectivity index (χ4v) is 2.68. The van der Waals surface area contributed by atoms with Gasteiger partial charge in [-0.1, -0.05) is 18.2 Å². The number of likely N-dealkylation sites (N-methyl/N-ethyl adjacent to an activating group) is 1. The van der Waals surface area contributed by atoms with Gasteiger partial charge in [0, 0.05) is 25.3 Å². The van der Waals surface area contributed by atoms with Crippen molar-refractivity contribution in [3.05, 3.63) is 29.8 Å². The van der Waals surface area contributed by atoms with Gasteiger partial charge in [0.2, 0.25) is 0 Å². The lowest BCUT2D eigenvalue weighted by atomic mass is 9.90. The second-order valence-corrected chi connectivity index (χ2v) is 5.34. The van der Waals surface area contributed by atoms with Crippen molar-refractivity contribution in [2.24, 2.45) is 0 Å². The Labute approximate surface area is 114 Å². The van der Waals surface area contributed by atoms with E-state index >= 15 is 0 Å². The Morgan fingerprint density at radius 1 is 1.37 bits per heavy atom. The molecule has 0 radical (unpaired) electrons. The van der Waals surface area contributed by atoms with E-state index in [2.05, 4.69) is 11.8 Å². The van der Waals surface area contributed by atoms with Gasteiger partial charge in [0.1, 0.15) is 18.0 Å². The zero-order chi connectivity index (χ0) is 13.9. The summed E-state index contributed by atoms with van der Waals surface area (Å²) in [5.74, 6) is 0.754. The predicted octanol–water partition coefficient (Wildman–Crippen LogP) is 1.62. The second kappa shape index (κ2) is 5.90. The van der Waals surface area contributed by atoms with Crippen LogP contribution in [0.4, 0.5) is 0 Å². The molecule has 4 nitrogen and oxygen atoms in total. The molecule has 0 aromatic heterocycles. The maximum absolute atomic E-state index is 10.9. The molecule has 2 atom stereocenters. The Kier molecular flexibility index (Phi) is 4.45. The van der Waals surface area contributed by atoms with Gasteiger partial charge in [-0.15, -0.1) is 0 Å². The summed E-state index contributed by atoms with van der Waals surface area (Å²) in [6.45, 7) is 3.81. The molecule has 1 N–H and O–H groups in total. The number of likely N-dealkylation sites (tertiary alicyclic amines) is 1. The highest BCUT2D eigenvalue weighted by molar-refractivity contribution is 5.39. The van der Waals surface area contributed by atoms with Gasteiger partial charge in [-0.2, -0.15) is 0 Å². The maximum atomic E-state index is 10.9. The molecule has 1 saturated heterocycles. The van der Waals surface area contributed by atoms with Gasteiger partial charge in [-0.3, -0.25) is 0 Å². The van der Waals surface area contributed by atoms with Crippen LogP contribution in [0.25, 0.3) is 0 Å². The number of β-amino-alcohol motifs (C(OH)–C–C–N with tert-alkyl or cyclic N) is 1. The van der Waals surface area contributed by atoms with Gasteiger partial charge in [-0.25, -0.2) is 0 Å². The number of benzene rings is 1. The van der Waals surface area contributed by atoms with Crippen LogP contribution in [0.3, 0.4) is 0 Å². The lowest BCUT2D eigenvalue weighted by molar-refractivity contribution is 0.0443. The lowest BCUT2D eigenvalue weighted by Gasteiger charge is -2.25. The van der Waals surface area contributed by atoms with Crippen molar-refractivity contribution in [1.82, 2.24) is 4.90 Å². The molecule has 4 heteroatoms. The largest absolute Gasteiger partial charge is 0.491 e. The first kappa shape index (κ1) is 14.3. The number of aliphatic hydroxyl groups is 1. The van der Waals surface area contributed by atoms with Crippen LogP contribution in [-0.2, 0) is 10.3 Å². The van der Waals surface area contributed by atoms with Gasteiger partial charge in [-0.05, 0) is 26.5 Å². The molecular formula is C15H23NO3. The molecule has 1 aromatic carbocycles. The Bertz CT molecular complexity index is 412. The van der Waals surface area contributed by atoms with Crippen LogP contribution in [0.2, 0.25) is 0 Å². The molecule has 1 heterocycles. The Balaban J connectivity index is 2.19. The number of rotatable bonds is 5. The van der Waals surface area contributed by atoms with Gasteiger partial charge in [0.05, 0.1) is 6.61 Å². The third-order valence-corrected chi connectivity index (χ3v) is 3.83. The molecular weight excluding hydrogens is 242 g/mol. The van der Waals surface area contributed by atoms with Gasteiger partial charge < -0.3 is 19.5 Å². The van der Waals surface area contributed by atoms with Crippen molar-refractivity contribution in [2.45, 2.75) is 25.0 Å². The fraction of sp³-hybridized carbons (Fsp3) is 0.600. The smallest absolute Gasteiger partial charge is 0.125 e. The topological polar surface area (TPSA) is 41.9 Å². The molecule has 0 bridgehead atoms. The molecule has 1 aliphatic heterocycles. The van der Waals surface area contributed by atoms with E-state index in [-0.39, 0.29) is 0 Å². The molecule has 1 aliphatic rings. The molecule has 0 spiro atoms. The van der Waals surface area contributed by atoms with Crippen LogP contribution in [0.15, 0.2) is 24.3 Å². The van der Waals surface area contributed by atoms with Crippen LogP contribution < -0.4 is 4.74 Å². The monoisotopic (exact) mass is 265 g/mol. The van der Waals surface area contributed by atoms with Crippen LogP contribution >= 0.6 is 0 Å². The first-order valence-corrected chi connectivity index (χ1v) is 6.71. The highest BCUT2D eigenvalue weighted by Gasteiger charge is 2.41. The van der Waals surface area contributed by atoms with Crippen molar-refractivity contribution in [3.63, 3.8) is 0 Å². The van der Waals surface area contributed by atoms with Crippen LogP contribution in [-0.4, -0.2) is 50.0 Å². The minimum atomic E-state index is -0.822. The molecule has 106 valence electrons. The van der Waals surface area contributed by atoms with Crippen molar-refractivity contribution in [1.29, 1.82) is 0 Å². The summed E-state index contributed by atoms with van der Waals surface area (Å²) in [7, 11) is 3.69. The molecule has 2 unspecified atom stereocenters. The van der Waals surface area contributed by atoms with E-state index in [1.165, 1.54) is 0 Å². The van der Waals surface area contributed by atoms with E-state index in [4.69, 9.17) is 9.47 Å². The molecule has 0 aliphatic carbocycles. The standard InChI is InChI=1S/C15H23NO3/c1-12-10-15(17,11-16(12)2)13-6-4-5-7-14(13)19-9-8-18-3/h4-7,12,17H,8-11H2,1-3H3. The molecule has 1 fully saturated rings. The van der Waals surface area contributed by atoms with Crippen molar-refractivity contribution >= 4 is 0 Å². The highest BCUT2D eigenvalue weighted by Crippen LogP contribution is 2.39. The number of nitrogens with zero attached hydrogens (tertiary/aromatic N) is 1. The summed E-state index contributed by atoms with van der Waals surface area (Å²) < 4.78 is 10.7. The summed E-state index contributed by atoms with van der Waals surface area (Å²) in [6, 6.07) is 8.10. The SMILES string of the molecule is COCCOc1ccccc1C1(O)CC(C)N(C)C1. The van der Waals surface area contributed by atoms with E-state index in [1.54, 1.807) is 7.11 Å². The number of para-hydroxylation sites is 1. The first-order valence-electron chi connectivity index (χ1n) is 6.71. The third-order valence-electron chi connectivity index (χ3n) is 3.83. The molecule has 0 saturated carbocycles. The van der Waals surface area contributed by atoms with E-state index in [0.717, 1.165) is 17.7 Å². The number of methoxy groups -OCH3 is 1. The predicted molar refractivity (Wildman–Crippen MR) is 74.4 cm³/mol. The van der Waals surface area contributed by atoms with Crippen molar-refractivity contribution < 1.29 is 14.6 Å². The number of ether oxygens (including phenoxy) is 2. The number of hydrogen-bond acceptors (Lipinski definition) is 4. The normalized spacial score (nSPS) is 27.7. The van der Waals surface area contributed by atoms with Gasteiger partial charge in [0.25, 0.3) is 0 Å². The molecule has 2 rings (SSSR count). The van der Waals surface area contributed by atoms with E-state index in [1.807, 2.05) is 31.3 Å². The Morgan fingerprint density at radius 2 is 2.11 bits per heavy atom. The van der Waals surface area contributed by atoms with Gasteiger partial charge >= 0.3 is 0 Å². The summed E-state index contributed by atoms with van der Waals surface area (Å²) in [6.07, 6.45) is 0.730. The fourth-order valence-electron chi connectivity index (χ4n) is 2.68. The third kappa shape index (κ3) is 3.08. The van der Waals surface area contributed by atoms with Crippen LogP contribution in [0.5, 0.6) is 5.75 Å². The zero-order valence-corrected chi connectivity index (χ0v) is 11.9. The quantitative estimate of drug-likeness (QED) is 0.822. The molecule has 1 aromatic rings. The highest BCUT2D eigenvalue weighted by atomic mass is 16.5. The summed E-state index contributed by atoms with van der Waals surface area (Å²) in [4.78, 5) is 2.17. The first-order chi connectivity index (χ1) is 9.07. The maximum Gasteiger partial charge on any atom is 0.125 e. The van der Waals surface area contributed by atoms with E-state index in [9.17, 15) is 5.11 Å². The zero-order valence-electron chi connectivity index (χ0n) is 11.9. The lowest BCUT2D eigenvalue weighted by Crippen LogP contribution is -2.30.